The van der Waals surface area contributed by atoms with E-state index in [0.717, 1.165) is 22.4 Å². The van der Waals surface area contributed by atoms with Gasteiger partial charge in [-0.05, 0) is 38.0 Å². The van der Waals surface area contributed by atoms with Crippen LogP contribution in [0.2, 0.25) is 0 Å². The summed E-state index contributed by atoms with van der Waals surface area (Å²) in [5, 5.41) is 17.1. The van der Waals surface area contributed by atoms with Crippen molar-refractivity contribution in [1.82, 2.24) is 10.2 Å². The van der Waals surface area contributed by atoms with Gasteiger partial charge in [0.2, 0.25) is 11.0 Å². The molecule has 0 unspecified atom stereocenters. The molecule has 0 bridgehead atoms. The van der Waals surface area contributed by atoms with E-state index in [1.54, 1.807) is 13.8 Å². The summed E-state index contributed by atoms with van der Waals surface area (Å²) < 4.78 is 5.95. The highest BCUT2D eigenvalue weighted by atomic mass is 32.2. The lowest BCUT2D eigenvalue weighted by Crippen LogP contribution is -2.23. The third-order valence-corrected chi connectivity index (χ3v) is 7.95. The molecule has 0 fully saturated rings. The molecule has 0 aliphatic carbocycles. The Morgan fingerprint density at radius 3 is 2.57 bits per heavy atom. The molecule has 0 aliphatic rings. The van der Waals surface area contributed by atoms with Crippen LogP contribution in [0.25, 0.3) is 11.1 Å². The lowest BCUT2D eigenvalue weighted by atomic mass is 10.0. The Morgan fingerprint density at radius 2 is 1.83 bits per heavy atom. The summed E-state index contributed by atoms with van der Waals surface area (Å²) in [4.78, 5) is 25.7. The molecule has 35 heavy (non-hydrogen) atoms. The Bertz CT molecular complexity index is 1320. The van der Waals surface area contributed by atoms with E-state index in [0.29, 0.717) is 20.0 Å². The van der Waals surface area contributed by atoms with Crippen LogP contribution in [0.15, 0.2) is 64.3 Å². The van der Waals surface area contributed by atoms with Gasteiger partial charge in [0, 0.05) is 16.6 Å². The molecule has 4 rings (SSSR count). The SMILES string of the molecule is CCOC(=O)c1c(-c2ccccc2)csc1NC(=O)[C@H](C)Sc1nnc(Nc2ccccc2C)s1. The highest BCUT2D eigenvalue weighted by Crippen LogP contribution is 2.37. The lowest BCUT2D eigenvalue weighted by Gasteiger charge is -2.11. The van der Waals surface area contributed by atoms with Crippen molar-refractivity contribution < 1.29 is 14.3 Å². The second kappa shape index (κ2) is 11.5. The van der Waals surface area contributed by atoms with Crippen molar-refractivity contribution in [3.63, 3.8) is 0 Å². The maximum absolute atomic E-state index is 13.0. The van der Waals surface area contributed by atoms with Crippen LogP contribution in [0, 0.1) is 6.92 Å². The Balaban J connectivity index is 1.46. The highest BCUT2D eigenvalue weighted by Gasteiger charge is 2.25. The number of aryl methyl sites for hydroxylation is 1. The fourth-order valence-corrected chi connectivity index (χ4v) is 6.11. The molecular formula is C25H24N4O3S3. The first-order valence-corrected chi connectivity index (χ1v) is 13.5. The van der Waals surface area contributed by atoms with E-state index in [1.807, 2.05) is 66.9 Å². The van der Waals surface area contributed by atoms with Gasteiger partial charge in [-0.3, -0.25) is 4.79 Å². The average Bonchev–Trinajstić information content (AvgIpc) is 3.48. The van der Waals surface area contributed by atoms with Crippen LogP contribution in [-0.4, -0.2) is 33.9 Å². The monoisotopic (exact) mass is 524 g/mol. The van der Waals surface area contributed by atoms with Gasteiger partial charge in [-0.15, -0.1) is 21.5 Å². The van der Waals surface area contributed by atoms with Crippen molar-refractivity contribution in [2.75, 3.05) is 17.2 Å². The number of aromatic nitrogens is 2. The van der Waals surface area contributed by atoms with Gasteiger partial charge in [0.25, 0.3) is 0 Å². The number of amides is 1. The average molecular weight is 525 g/mol. The molecule has 2 heterocycles. The van der Waals surface area contributed by atoms with E-state index in [1.165, 1.54) is 34.4 Å². The Hall–Kier alpha value is -3.21. The van der Waals surface area contributed by atoms with E-state index in [9.17, 15) is 9.59 Å². The lowest BCUT2D eigenvalue weighted by molar-refractivity contribution is -0.115. The van der Waals surface area contributed by atoms with Crippen LogP contribution < -0.4 is 10.6 Å². The molecule has 10 heteroatoms. The molecule has 2 aromatic carbocycles. The van der Waals surface area contributed by atoms with Gasteiger partial charge in [0.1, 0.15) is 10.6 Å². The van der Waals surface area contributed by atoms with Crippen molar-refractivity contribution in [3.8, 4) is 11.1 Å². The second-order valence-corrected chi connectivity index (χ2v) is 10.9. The number of nitrogens with zero attached hydrogens (tertiary/aromatic N) is 2. The first-order chi connectivity index (χ1) is 17.0. The number of ether oxygens (including phenoxy) is 1. The van der Waals surface area contributed by atoms with Crippen molar-refractivity contribution in [2.45, 2.75) is 30.4 Å². The third-order valence-electron chi connectivity index (χ3n) is 5.03. The van der Waals surface area contributed by atoms with Crippen molar-refractivity contribution in [3.05, 3.63) is 71.1 Å². The van der Waals surface area contributed by atoms with E-state index in [2.05, 4.69) is 20.8 Å². The molecule has 7 nitrogen and oxygen atoms in total. The minimum Gasteiger partial charge on any atom is -0.462 e. The van der Waals surface area contributed by atoms with Crippen LogP contribution in [-0.2, 0) is 9.53 Å². The van der Waals surface area contributed by atoms with Gasteiger partial charge in [0.15, 0.2) is 4.34 Å². The molecule has 0 radical (unpaired) electrons. The van der Waals surface area contributed by atoms with Crippen LogP contribution in [0.3, 0.4) is 0 Å². The van der Waals surface area contributed by atoms with Crippen LogP contribution in [0.4, 0.5) is 15.8 Å². The van der Waals surface area contributed by atoms with Crippen LogP contribution in [0.5, 0.6) is 0 Å². The molecule has 2 N–H and O–H groups in total. The fourth-order valence-electron chi connectivity index (χ4n) is 3.24. The van der Waals surface area contributed by atoms with Crippen LogP contribution in [0.1, 0.15) is 29.8 Å². The number of para-hydroxylation sites is 1. The predicted molar refractivity (Wildman–Crippen MR) is 144 cm³/mol. The van der Waals surface area contributed by atoms with Gasteiger partial charge >= 0.3 is 5.97 Å². The maximum Gasteiger partial charge on any atom is 0.341 e. The molecule has 180 valence electrons. The molecule has 0 aliphatic heterocycles. The molecule has 2 aromatic heterocycles. The topological polar surface area (TPSA) is 93.2 Å². The summed E-state index contributed by atoms with van der Waals surface area (Å²) in [5.74, 6) is -0.690. The number of esters is 1. The highest BCUT2D eigenvalue weighted by molar-refractivity contribution is 8.02. The summed E-state index contributed by atoms with van der Waals surface area (Å²) >= 11 is 4.00. The number of thiophene rings is 1. The zero-order chi connectivity index (χ0) is 24.8. The molecule has 0 saturated heterocycles. The van der Waals surface area contributed by atoms with Crippen LogP contribution >= 0.6 is 34.4 Å². The predicted octanol–water partition coefficient (Wildman–Crippen LogP) is 6.61. The minimum absolute atomic E-state index is 0.231. The van der Waals surface area contributed by atoms with Gasteiger partial charge in [-0.2, -0.15) is 0 Å². The number of carbonyl (C=O) groups excluding carboxylic acids is 2. The summed E-state index contributed by atoms with van der Waals surface area (Å²) in [6.45, 7) is 5.82. The second-order valence-electron chi connectivity index (χ2n) is 7.50. The maximum atomic E-state index is 13.0. The Morgan fingerprint density at radius 1 is 1.09 bits per heavy atom. The molecule has 1 atom stereocenters. The van der Waals surface area contributed by atoms with Gasteiger partial charge in [-0.25, -0.2) is 4.79 Å². The zero-order valence-corrected chi connectivity index (χ0v) is 21.9. The number of hydrogen-bond acceptors (Lipinski definition) is 9. The van der Waals surface area contributed by atoms with E-state index in [4.69, 9.17) is 4.74 Å². The first-order valence-electron chi connectivity index (χ1n) is 10.9. The van der Waals surface area contributed by atoms with Crippen molar-refractivity contribution in [2.24, 2.45) is 0 Å². The molecule has 0 saturated carbocycles. The minimum atomic E-state index is -0.459. The normalized spacial score (nSPS) is 11.6. The largest absolute Gasteiger partial charge is 0.462 e. The standard InChI is InChI=1S/C25H24N4O3S3/c1-4-32-23(31)20-18(17-11-6-5-7-12-17)14-33-22(20)27-21(30)16(3)34-25-29-28-24(35-25)26-19-13-9-8-10-15(19)2/h5-14,16H,4H2,1-3H3,(H,26,28)(H,27,30)/t16-/m0/s1. The van der Waals surface area contributed by atoms with Gasteiger partial charge in [0.05, 0.1) is 11.9 Å². The number of hydrogen-bond donors (Lipinski definition) is 2. The Labute approximate surface area is 216 Å². The van der Waals surface area contributed by atoms with E-state index in [-0.39, 0.29) is 12.5 Å². The summed E-state index contributed by atoms with van der Waals surface area (Å²) in [6, 6.07) is 17.5. The smallest absolute Gasteiger partial charge is 0.341 e. The number of rotatable bonds is 9. The third kappa shape index (κ3) is 6.08. The molecular weight excluding hydrogens is 501 g/mol. The summed E-state index contributed by atoms with van der Waals surface area (Å²) in [5.41, 5.74) is 4.06. The van der Waals surface area contributed by atoms with Crippen molar-refractivity contribution in [1.29, 1.82) is 0 Å². The van der Waals surface area contributed by atoms with Gasteiger partial charge in [-0.1, -0.05) is 71.6 Å². The van der Waals surface area contributed by atoms with Crippen molar-refractivity contribution >= 4 is 62.1 Å². The number of benzene rings is 2. The summed E-state index contributed by atoms with van der Waals surface area (Å²) in [7, 11) is 0. The molecule has 0 spiro atoms. The quantitative estimate of drug-likeness (QED) is 0.188. The number of carbonyl (C=O) groups is 2. The molecule has 4 aromatic rings. The Kier molecular flexibility index (Phi) is 8.17. The zero-order valence-electron chi connectivity index (χ0n) is 19.4. The first kappa shape index (κ1) is 24.9. The van der Waals surface area contributed by atoms with E-state index < -0.39 is 11.2 Å². The molecule has 1 amide bonds. The van der Waals surface area contributed by atoms with E-state index >= 15 is 0 Å². The summed E-state index contributed by atoms with van der Waals surface area (Å²) in [6.07, 6.45) is 0. The fraction of sp³-hybridized carbons (Fsp3) is 0.200. The number of thioether (sulfide) groups is 1. The van der Waals surface area contributed by atoms with Gasteiger partial charge < -0.3 is 15.4 Å². The number of anilines is 3. The number of nitrogens with one attached hydrogen (secondary N) is 2.